The first kappa shape index (κ1) is 23.3. The van der Waals surface area contributed by atoms with Crippen molar-refractivity contribution >= 4 is 23.7 Å². The summed E-state index contributed by atoms with van der Waals surface area (Å²) in [5.74, 6) is -3.00. The summed E-state index contributed by atoms with van der Waals surface area (Å²) in [6.07, 6.45) is -0.0417. The van der Waals surface area contributed by atoms with E-state index in [2.05, 4.69) is 10.6 Å². The molecule has 1 heterocycles. The van der Waals surface area contributed by atoms with Gasteiger partial charge in [-0.15, -0.1) is 0 Å². The summed E-state index contributed by atoms with van der Waals surface area (Å²) in [6.45, 7) is 1.20. The van der Waals surface area contributed by atoms with Gasteiger partial charge in [0.05, 0.1) is 18.7 Å². The van der Waals surface area contributed by atoms with Crippen LogP contribution in [0.25, 0.3) is 0 Å². The fourth-order valence-electron chi connectivity index (χ4n) is 3.32. The Labute approximate surface area is 174 Å². The topological polar surface area (TPSA) is 162 Å². The minimum absolute atomic E-state index is 0.255. The molecule has 0 aliphatic carbocycles. The highest BCUT2D eigenvalue weighted by Crippen LogP contribution is 2.17. The predicted octanol–water partition coefficient (Wildman–Crippen LogP) is -1.39. The number of carboxylic acids is 1. The molecule has 1 aromatic rings. The molecule has 4 atom stereocenters. The number of likely N-dealkylation sites (tertiary alicyclic amines) is 1. The lowest BCUT2D eigenvalue weighted by Gasteiger charge is -2.24. The molecule has 1 aliphatic rings. The van der Waals surface area contributed by atoms with E-state index in [1.165, 1.54) is 11.8 Å². The van der Waals surface area contributed by atoms with Crippen molar-refractivity contribution in [3.8, 4) is 0 Å². The molecule has 2 rings (SSSR count). The van der Waals surface area contributed by atoms with Gasteiger partial charge in [-0.3, -0.25) is 14.4 Å². The number of hydrogen-bond donors (Lipinski definition) is 5. The maximum Gasteiger partial charge on any atom is 0.326 e. The number of carbonyl (C=O) groups is 4. The summed E-state index contributed by atoms with van der Waals surface area (Å²) in [5.41, 5.74) is 6.75. The minimum atomic E-state index is -1.30. The zero-order valence-electron chi connectivity index (χ0n) is 16.8. The maximum atomic E-state index is 12.4. The van der Waals surface area contributed by atoms with Gasteiger partial charge in [-0.25, -0.2) is 4.79 Å². The third kappa shape index (κ3) is 6.26. The van der Waals surface area contributed by atoms with Crippen molar-refractivity contribution in [2.45, 2.75) is 50.4 Å². The van der Waals surface area contributed by atoms with Crippen LogP contribution < -0.4 is 16.4 Å². The average Bonchev–Trinajstić information content (AvgIpc) is 3.20. The molecule has 10 heteroatoms. The van der Waals surface area contributed by atoms with Crippen LogP contribution in [-0.4, -0.2) is 76.1 Å². The Hall–Kier alpha value is -2.98. The molecule has 3 amide bonds. The molecule has 164 valence electrons. The number of benzene rings is 1. The summed E-state index contributed by atoms with van der Waals surface area (Å²) >= 11 is 0. The largest absolute Gasteiger partial charge is 0.480 e. The molecule has 4 unspecified atom stereocenters. The quantitative estimate of drug-likeness (QED) is 0.329. The third-order valence-corrected chi connectivity index (χ3v) is 4.97. The van der Waals surface area contributed by atoms with E-state index in [4.69, 9.17) is 10.8 Å². The van der Waals surface area contributed by atoms with Crippen LogP contribution >= 0.6 is 0 Å². The van der Waals surface area contributed by atoms with Gasteiger partial charge in [-0.2, -0.15) is 0 Å². The molecule has 0 radical (unpaired) electrons. The number of aliphatic hydroxyl groups excluding tert-OH is 1. The Morgan fingerprint density at radius 1 is 1.20 bits per heavy atom. The van der Waals surface area contributed by atoms with E-state index in [-0.39, 0.29) is 6.42 Å². The van der Waals surface area contributed by atoms with Crippen LogP contribution in [0, 0.1) is 0 Å². The van der Waals surface area contributed by atoms with Crippen molar-refractivity contribution in [3.63, 3.8) is 0 Å². The van der Waals surface area contributed by atoms with E-state index in [1.54, 1.807) is 0 Å². The molecule has 1 fully saturated rings. The zero-order valence-corrected chi connectivity index (χ0v) is 16.8. The number of nitrogens with zero attached hydrogens (tertiary/aromatic N) is 1. The van der Waals surface area contributed by atoms with Gasteiger partial charge in [-0.1, -0.05) is 30.3 Å². The van der Waals surface area contributed by atoms with Crippen LogP contribution in [0.5, 0.6) is 0 Å². The Morgan fingerprint density at radius 2 is 1.87 bits per heavy atom. The highest BCUT2D eigenvalue weighted by Gasteiger charge is 2.34. The van der Waals surface area contributed by atoms with Crippen molar-refractivity contribution in [1.29, 1.82) is 0 Å². The molecule has 6 N–H and O–H groups in total. The number of nitrogens with one attached hydrogen (secondary N) is 2. The Balaban J connectivity index is 1.90. The minimum Gasteiger partial charge on any atom is -0.480 e. The molecule has 0 saturated carbocycles. The monoisotopic (exact) mass is 420 g/mol. The first-order valence-electron chi connectivity index (χ1n) is 9.78. The van der Waals surface area contributed by atoms with Gasteiger partial charge in [0, 0.05) is 6.54 Å². The molecule has 0 aromatic heterocycles. The fourth-order valence-corrected chi connectivity index (χ4v) is 3.32. The van der Waals surface area contributed by atoms with Crippen molar-refractivity contribution in [2.24, 2.45) is 5.73 Å². The molecule has 30 heavy (non-hydrogen) atoms. The summed E-state index contributed by atoms with van der Waals surface area (Å²) in [5, 5.41) is 23.8. The molecular formula is C20H28N4O6. The standard InChI is InChI=1S/C20H28N4O6/c1-12(25)17(23-18(27)14(21)10-13-6-3-2-4-7-13)19(28)22-11-16(26)24-9-5-8-15(24)20(29)30/h2-4,6-7,12,14-15,17,25H,5,8-11,21H2,1H3,(H,22,28)(H,23,27)(H,29,30). The van der Waals surface area contributed by atoms with Gasteiger partial charge in [0.1, 0.15) is 12.1 Å². The Kier molecular flexibility index (Phi) is 8.31. The van der Waals surface area contributed by atoms with Gasteiger partial charge in [-0.05, 0) is 31.7 Å². The van der Waals surface area contributed by atoms with Crippen molar-refractivity contribution in [3.05, 3.63) is 35.9 Å². The Bertz CT molecular complexity index is 770. The SMILES string of the molecule is CC(O)C(NC(=O)C(N)Cc1ccccc1)C(=O)NCC(=O)N1CCCC1C(=O)O. The first-order valence-corrected chi connectivity index (χ1v) is 9.78. The number of aliphatic hydroxyl groups is 1. The summed E-state index contributed by atoms with van der Waals surface area (Å²) < 4.78 is 0. The molecule has 0 bridgehead atoms. The summed E-state index contributed by atoms with van der Waals surface area (Å²) in [7, 11) is 0. The summed E-state index contributed by atoms with van der Waals surface area (Å²) in [4.78, 5) is 49.5. The fraction of sp³-hybridized carbons (Fsp3) is 0.500. The second kappa shape index (κ2) is 10.7. The lowest BCUT2D eigenvalue weighted by molar-refractivity contribution is -0.148. The molecule has 1 aromatic carbocycles. The molecule has 1 saturated heterocycles. The lowest BCUT2D eigenvalue weighted by atomic mass is 10.0. The number of aliphatic carboxylic acids is 1. The normalized spacial score (nSPS) is 18.9. The van der Waals surface area contributed by atoms with E-state index >= 15 is 0 Å². The van der Waals surface area contributed by atoms with E-state index in [0.29, 0.717) is 19.4 Å². The maximum absolute atomic E-state index is 12.4. The second-order valence-corrected chi connectivity index (χ2v) is 7.32. The van der Waals surface area contributed by atoms with Crippen LogP contribution in [0.15, 0.2) is 30.3 Å². The first-order chi connectivity index (χ1) is 14.2. The van der Waals surface area contributed by atoms with Gasteiger partial charge in [0.15, 0.2) is 0 Å². The number of carbonyl (C=O) groups excluding carboxylic acids is 3. The van der Waals surface area contributed by atoms with Crippen LogP contribution in [0.2, 0.25) is 0 Å². The number of hydrogen-bond acceptors (Lipinski definition) is 6. The number of amides is 3. The van der Waals surface area contributed by atoms with E-state index < -0.39 is 54.5 Å². The molecular weight excluding hydrogens is 392 g/mol. The van der Waals surface area contributed by atoms with Crippen molar-refractivity contribution < 1.29 is 29.4 Å². The smallest absolute Gasteiger partial charge is 0.326 e. The Morgan fingerprint density at radius 3 is 2.47 bits per heavy atom. The highest BCUT2D eigenvalue weighted by molar-refractivity contribution is 5.93. The van der Waals surface area contributed by atoms with Gasteiger partial charge in [0.2, 0.25) is 17.7 Å². The van der Waals surface area contributed by atoms with E-state index in [9.17, 15) is 24.3 Å². The van der Waals surface area contributed by atoms with Crippen LogP contribution in [0.3, 0.4) is 0 Å². The highest BCUT2D eigenvalue weighted by atomic mass is 16.4. The van der Waals surface area contributed by atoms with Crippen molar-refractivity contribution in [2.75, 3.05) is 13.1 Å². The molecule has 0 spiro atoms. The van der Waals surface area contributed by atoms with Gasteiger partial charge >= 0.3 is 5.97 Å². The van der Waals surface area contributed by atoms with Crippen LogP contribution in [-0.2, 0) is 25.6 Å². The number of nitrogens with two attached hydrogens (primary N) is 1. The molecule has 10 nitrogen and oxygen atoms in total. The van der Waals surface area contributed by atoms with Crippen LogP contribution in [0.1, 0.15) is 25.3 Å². The molecule has 1 aliphatic heterocycles. The van der Waals surface area contributed by atoms with E-state index in [1.807, 2.05) is 30.3 Å². The summed E-state index contributed by atoms with van der Waals surface area (Å²) in [6, 6.07) is 5.98. The second-order valence-electron chi connectivity index (χ2n) is 7.32. The number of rotatable bonds is 9. The zero-order chi connectivity index (χ0) is 22.3. The van der Waals surface area contributed by atoms with Crippen molar-refractivity contribution in [1.82, 2.24) is 15.5 Å². The predicted molar refractivity (Wildman–Crippen MR) is 107 cm³/mol. The van der Waals surface area contributed by atoms with E-state index in [0.717, 1.165) is 5.56 Å². The lowest BCUT2D eigenvalue weighted by Crippen LogP contribution is -2.57. The van der Waals surface area contributed by atoms with Crippen LogP contribution in [0.4, 0.5) is 0 Å². The van der Waals surface area contributed by atoms with Gasteiger partial charge in [0.25, 0.3) is 0 Å². The number of carboxylic acid groups (broad SMARTS) is 1. The third-order valence-electron chi connectivity index (χ3n) is 4.97. The average molecular weight is 420 g/mol. The van der Waals surface area contributed by atoms with Gasteiger partial charge < -0.3 is 31.5 Å².